The maximum absolute atomic E-state index is 13.8. The van der Waals surface area contributed by atoms with Crippen LogP contribution in [0.25, 0.3) is 10.8 Å². The summed E-state index contributed by atoms with van der Waals surface area (Å²) >= 11 is 0. The zero-order valence-electron chi connectivity index (χ0n) is 16.3. The van der Waals surface area contributed by atoms with Crippen LogP contribution in [0.3, 0.4) is 0 Å². The summed E-state index contributed by atoms with van der Waals surface area (Å²) in [5.74, 6) is 0.568. The first-order valence-electron chi connectivity index (χ1n) is 9.58. The molecule has 0 aliphatic rings. The number of aliphatic hydroxyl groups excluding tert-OH is 1. The van der Waals surface area contributed by atoms with Gasteiger partial charge in [0.2, 0.25) is 0 Å². The second-order valence-corrected chi connectivity index (χ2v) is 8.07. The minimum atomic E-state index is -1.56. The molecule has 3 aromatic carbocycles. The van der Waals surface area contributed by atoms with Crippen LogP contribution in [0.2, 0.25) is 0 Å². The van der Waals surface area contributed by atoms with Crippen LogP contribution in [-0.4, -0.2) is 16.4 Å². The zero-order valence-corrected chi connectivity index (χ0v) is 17.1. The standard InChI is InChI=1S/C24H26O3S/c1-3-4-6-15-22(23(25)19-12-7-5-8-13-19)28(26)24-20-14-10-9-11-18(20)16-17-21(24)27-2/h5,7-17,23,25H,3-4,6H2,1-2H3/b22-15-/t23-,28?/m1/s1. The molecule has 0 saturated heterocycles. The molecule has 146 valence electrons. The minimum absolute atomic E-state index is 0.509. The highest BCUT2D eigenvalue weighted by Gasteiger charge is 2.24. The maximum Gasteiger partial charge on any atom is 0.136 e. The lowest BCUT2D eigenvalue weighted by Gasteiger charge is -2.18. The Hall–Kier alpha value is -2.43. The first-order chi connectivity index (χ1) is 13.7. The van der Waals surface area contributed by atoms with Crippen molar-refractivity contribution in [1.82, 2.24) is 0 Å². The summed E-state index contributed by atoms with van der Waals surface area (Å²) in [6.07, 6.45) is 3.79. The van der Waals surface area contributed by atoms with Crippen LogP contribution in [-0.2, 0) is 10.8 Å². The molecule has 0 aliphatic carbocycles. The second-order valence-electron chi connectivity index (χ2n) is 6.65. The Kier molecular flexibility index (Phi) is 7.01. The Bertz CT molecular complexity index is 980. The number of rotatable bonds is 8. The fraction of sp³-hybridized carbons (Fsp3) is 0.250. The SMILES string of the molecule is CCCC/C=C(/[C@H](O)c1ccccc1)S(=O)c1c(OC)ccc2ccccc12. The van der Waals surface area contributed by atoms with E-state index in [0.717, 1.165) is 35.6 Å². The Morgan fingerprint density at radius 2 is 1.79 bits per heavy atom. The van der Waals surface area contributed by atoms with Crippen LogP contribution >= 0.6 is 0 Å². The van der Waals surface area contributed by atoms with Crippen LogP contribution in [0, 0.1) is 0 Å². The molecule has 0 spiro atoms. The van der Waals surface area contributed by atoms with Gasteiger partial charge in [-0.15, -0.1) is 0 Å². The van der Waals surface area contributed by atoms with Gasteiger partial charge in [-0.05, 0) is 23.4 Å². The van der Waals surface area contributed by atoms with Gasteiger partial charge in [0.1, 0.15) is 11.9 Å². The fourth-order valence-electron chi connectivity index (χ4n) is 3.23. The van der Waals surface area contributed by atoms with Crippen molar-refractivity contribution in [2.45, 2.75) is 37.2 Å². The summed E-state index contributed by atoms with van der Waals surface area (Å²) in [6, 6.07) is 21.0. The Morgan fingerprint density at radius 3 is 2.50 bits per heavy atom. The van der Waals surface area contributed by atoms with Gasteiger partial charge in [0.15, 0.2) is 0 Å². The van der Waals surface area contributed by atoms with E-state index in [4.69, 9.17) is 4.74 Å². The average molecular weight is 395 g/mol. The largest absolute Gasteiger partial charge is 0.495 e. The molecule has 0 saturated carbocycles. The van der Waals surface area contributed by atoms with E-state index in [-0.39, 0.29) is 0 Å². The molecule has 1 unspecified atom stereocenters. The molecule has 3 rings (SSSR count). The predicted octanol–water partition coefficient (Wildman–Crippen LogP) is 5.76. The van der Waals surface area contributed by atoms with Gasteiger partial charge in [0, 0.05) is 5.39 Å². The molecule has 0 aromatic heterocycles. The van der Waals surface area contributed by atoms with Gasteiger partial charge in [-0.25, -0.2) is 4.21 Å². The molecule has 0 fully saturated rings. The number of ether oxygens (including phenoxy) is 1. The summed E-state index contributed by atoms with van der Waals surface area (Å²) < 4.78 is 19.3. The summed E-state index contributed by atoms with van der Waals surface area (Å²) in [6.45, 7) is 2.12. The van der Waals surface area contributed by atoms with E-state index in [1.54, 1.807) is 7.11 Å². The Labute approximate surface area is 169 Å². The monoisotopic (exact) mass is 394 g/mol. The molecule has 3 aromatic rings. The zero-order chi connectivity index (χ0) is 19.9. The Balaban J connectivity index is 2.12. The van der Waals surface area contributed by atoms with E-state index in [1.807, 2.05) is 72.8 Å². The third kappa shape index (κ3) is 4.34. The van der Waals surface area contributed by atoms with E-state index >= 15 is 0 Å². The normalized spacial score (nSPS) is 14.0. The number of hydrogen-bond acceptors (Lipinski definition) is 3. The van der Waals surface area contributed by atoms with Crippen LogP contribution in [0.5, 0.6) is 5.75 Å². The predicted molar refractivity (Wildman–Crippen MR) is 116 cm³/mol. The fourth-order valence-corrected chi connectivity index (χ4v) is 4.79. The number of unbranched alkanes of at least 4 members (excludes halogenated alkanes) is 2. The van der Waals surface area contributed by atoms with Crippen molar-refractivity contribution in [3.8, 4) is 5.75 Å². The van der Waals surface area contributed by atoms with Gasteiger partial charge in [0.25, 0.3) is 0 Å². The minimum Gasteiger partial charge on any atom is -0.495 e. The molecule has 3 nitrogen and oxygen atoms in total. The van der Waals surface area contributed by atoms with Crippen LogP contribution < -0.4 is 4.74 Å². The van der Waals surface area contributed by atoms with Crippen LogP contribution in [0.4, 0.5) is 0 Å². The summed E-state index contributed by atoms with van der Waals surface area (Å²) in [7, 11) is 0.0271. The molecule has 2 atom stereocenters. The highest BCUT2D eigenvalue weighted by molar-refractivity contribution is 7.89. The Morgan fingerprint density at radius 1 is 1.07 bits per heavy atom. The van der Waals surface area contributed by atoms with Gasteiger partial charge >= 0.3 is 0 Å². The lowest BCUT2D eigenvalue weighted by Crippen LogP contribution is -2.09. The van der Waals surface area contributed by atoms with Crippen molar-refractivity contribution >= 4 is 21.6 Å². The quantitative estimate of drug-likeness (QED) is 0.494. The number of benzene rings is 3. The molecular weight excluding hydrogens is 368 g/mol. The number of allylic oxidation sites excluding steroid dienone is 1. The molecule has 0 heterocycles. The average Bonchev–Trinajstić information content (AvgIpc) is 2.75. The molecule has 0 aliphatic heterocycles. The van der Waals surface area contributed by atoms with Gasteiger partial charge in [0.05, 0.1) is 27.7 Å². The van der Waals surface area contributed by atoms with E-state index in [1.165, 1.54) is 0 Å². The van der Waals surface area contributed by atoms with Crippen molar-refractivity contribution in [1.29, 1.82) is 0 Å². The van der Waals surface area contributed by atoms with Crippen molar-refractivity contribution in [2.24, 2.45) is 0 Å². The number of fused-ring (bicyclic) bond motifs is 1. The third-order valence-corrected chi connectivity index (χ3v) is 6.36. The lowest BCUT2D eigenvalue weighted by atomic mass is 10.1. The highest BCUT2D eigenvalue weighted by atomic mass is 32.2. The summed E-state index contributed by atoms with van der Waals surface area (Å²) in [4.78, 5) is 1.12. The molecule has 0 radical (unpaired) electrons. The number of hydrogen-bond donors (Lipinski definition) is 1. The molecular formula is C24H26O3S. The topological polar surface area (TPSA) is 46.5 Å². The number of methoxy groups -OCH3 is 1. The molecule has 4 heteroatoms. The summed E-state index contributed by atoms with van der Waals surface area (Å²) in [5, 5.41) is 12.9. The lowest BCUT2D eigenvalue weighted by molar-refractivity contribution is 0.223. The summed E-state index contributed by atoms with van der Waals surface area (Å²) in [5.41, 5.74) is 0.734. The molecule has 0 bridgehead atoms. The van der Waals surface area contributed by atoms with E-state index in [0.29, 0.717) is 15.6 Å². The molecule has 28 heavy (non-hydrogen) atoms. The van der Waals surface area contributed by atoms with Gasteiger partial charge in [-0.3, -0.25) is 0 Å². The third-order valence-electron chi connectivity index (χ3n) is 4.75. The highest BCUT2D eigenvalue weighted by Crippen LogP contribution is 2.37. The van der Waals surface area contributed by atoms with E-state index < -0.39 is 16.9 Å². The second kappa shape index (κ2) is 9.67. The van der Waals surface area contributed by atoms with Crippen molar-refractivity contribution in [3.05, 3.63) is 83.3 Å². The molecule has 1 N–H and O–H groups in total. The van der Waals surface area contributed by atoms with Crippen molar-refractivity contribution in [2.75, 3.05) is 7.11 Å². The van der Waals surface area contributed by atoms with E-state index in [2.05, 4.69) is 6.92 Å². The number of aliphatic hydroxyl groups is 1. The first kappa shape index (κ1) is 20.3. The smallest absolute Gasteiger partial charge is 0.136 e. The van der Waals surface area contributed by atoms with Gasteiger partial charge in [-0.2, -0.15) is 0 Å². The maximum atomic E-state index is 13.8. The van der Waals surface area contributed by atoms with Crippen LogP contribution in [0.1, 0.15) is 37.9 Å². The molecule has 0 amide bonds. The van der Waals surface area contributed by atoms with Gasteiger partial charge < -0.3 is 9.84 Å². The van der Waals surface area contributed by atoms with Crippen molar-refractivity contribution < 1.29 is 14.1 Å². The van der Waals surface area contributed by atoms with Crippen LogP contribution in [0.15, 0.2) is 82.6 Å². The van der Waals surface area contributed by atoms with Gasteiger partial charge in [-0.1, -0.05) is 86.5 Å². The van der Waals surface area contributed by atoms with E-state index in [9.17, 15) is 9.32 Å². The first-order valence-corrected chi connectivity index (χ1v) is 10.7. The van der Waals surface area contributed by atoms with Crippen molar-refractivity contribution in [3.63, 3.8) is 0 Å².